The summed E-state index contributed by atoms with van der Waals surface area (Å²) in [6.07, 6.45) is 2.15. The van der Waals surface area contributed by atoms with Crippen LogP contribution in [-0.4, -0.2) is 25.2 Å². The molecule has 4 heteroatoms. The molecule has 0 aliphatic rings. The highest BCUT2D eigenvalue weighted by Crippen LogP contribution is 2.22. The van der Waals surface area contributed by atoms with Gasteiger partial charge in [-0.2, -0.15) is 0 Å². The second-order valence-corrected chi connectivity index (χ2v) is 7.12. The number of fused-ring (bicyclic) bond motifs is 1. The average molecular weight is 392 g/mol. The van der Waals surface area contributed by atoms with Gasteiger partial charge < -0.3 is 14.8 Å². The quantitative estimate of drug-likeness (QED) is 0.487. The van der Waals surface area contributed by atoms with E-state index >= 15 is 0 Å². The van der Waals surface area contributed by atoms with Crippen molar-refractivity contribution in [2.75, 3.05) is 13.2 Å². The summed E-state index contributed by atoms with van der Waals surface area (Å²) in [4.78, 5) is 12.4. The maximum atomic E-state index is 12.4. The fourth-order valence-electron chi connectivity index (χ4n) is 3.20. The largest absolute Gasteiger partial charge is 0.493 e. The van der Waals surface area contributed by atoms with Crippen LogP contribution >= 0.6 is 0 Å². The van der Waals surface area contributed by atoms with E-state index < -0.39 is 6.10 Å². The lowest BCUT2D eigenvalue weighted by atomic mass is 10.1. The fourth-order valence-corrected chi connectivity index (χ4v) is 3.20. The van der Waals surface area contributed by atoms with Crippen LogP contribution in [0.15, 0.2) is 66.7 Å². The van der Waals surface area contributed by atoms with Crippen molar-refractivity contribution < 1.29 is 14.3 Å². The van der Waals surface area contributed by atoms with Crippen LogP contribution < -0.4 is 14.8 Å². The maximum absolute atomic E-state index is 12.4. The molecule has 0 saturated heterocycles. The molecule has 0 aromatic heterocycles. The minimum absolute atomic E-state index is 0.103. The molecule has 0 radical (unpaired) electrons. The Hall–Kier alpha value is -3.01. The molecule has 0 spiro atoms. The normalized spacial score (nSPS) is 11.8. The Morgan fingerprint density at radius 1 is 1.00 bits per heavy atom. The van der Waals surface area contributed by atoms with E-state index in [-0.39, 0.29) is 5.91 Å². The molecule has 3 aromatic rings. The van der Waals surface area contributed by atoms with Crippen molar-refractivity contribution in [2.24, 2.45) is 0 Å². The highest BCUT2D eigenvalue weighted by Gasteiger charge is 2.14. The van der Waals surface area contributed by atoms with Crippen molar-refractivity contribution in [1.29, 1.82) is 0 Å². The van der Waals surface area contributed by atoms with Crippen LogP contribution in [-0.2, 0) is 11.2 Å². The van der Waals surface area contributed by atoms with Crippen LogP contribution in [0.3, 0.4) is 0 Å². The Morgan fingerprint density at radius 2 is 1.76 bits per heavy atom. The number of para-hydroxylation sites is 1. The van der Waals surface area contributed by atoms with Crippen molar-refractivity contribution in [3.05, 3.63) is 72.3 Å². The molecule has 1 unspecified atom stereocenters. The van der Waals surface area contributed by atoms with Gasteiger partial charge >= 0.3 is 0 Å². The zero-order valence-electron chi connectivity index (χ0n) is 17.2. The first kappa shape index (κ1) is 20.7. The minimum Gasteiger partial charge on any atom is -0.493 e. The van der Waals surface area contributed by atoms with Gasteiger partial charge in [-0.25, -0.2) is 0 Å². The number of carbonyl (C=O) groups is 1. The molecule has 0 saturated carbocycles. The van der Waals surface area contributed by atoms with Crippen LogP contribution in [0.25, 0.3) is 10.8 Å². The molecular weight excluding hydrogens is 362 g/mol. The Bertz CT molecular complexity index is 938. The van der Waals surface area contributed by atoms with Crippen molar-refractivity contribution >= 4 is 16.7 Å². The van der Waals surface area contributed by atoms with E-state index in [1.54, 1.807) is 6.92 Å². The second-order valence-electron chi connectivity index (χ2n) is 7.12. The van der Waals surface area contributed by atoms with Gasteiger partial charge in [0.15, 0.2) is 6.10 Å². The first-order chi connectivity index (χ1) is 14.2. The lowest BCUT2D eigenvalue weighted by molar-refractivity contribution is -0.127. The zero-order valence-corrected chi connectivity index (χ0v) is 17.2. The maximum Gasteiger partial charge on any atom is 0.260 e. The van der Waals surface area contributed by atoms with Gasteiger partial charge in [-0.1, -0.05) is 55.5 Å². The van der Waals surface area contributed by atoms with Crippen LogP contribution in [0, 0.1) is 0 Å². The molecule has 152 valence electrons. The van der Waals surface area contributed by atoms with Crippen molar-refractivity contribution in [3.63, 3.8) is 0 Å². The van der Waals surface area contributed by atoms with Gasteiger partial charge in [0.1, 0.15) is 11.5 Å². The summed E-state index contributed by atoms with van der Waals surface area (Å²) < 4.78 is 11.6. The number of aryl methyl sites for hydroxylation is 1. The molecule has 0 aliphatic carbocycles. The Labute approximate surface area is 172 Å². The lowest BCUT2D eigenvalue weighted by Gasteiger charge is -2.15. The number of ether oxygens (including phenoxy) is 2. The third-order valence-electron chi connectivity index (χ3n) is 4.76. The van der Waals surface area contributed by atoms with Crippen LogP contribution in [0.2, 0.25) is 0 Å². The van der Waals surface area contributed by atoms with Gasteiger partial charge in [-0.05, 0) is 60.7 Å². The van der Waals surface area contributed by atoms with E-state index in [2.05, 4.69) is 24.4 Å². The molecule has 0 heterocycles. The summed E-state index contributed by atoms with van der Waals surface area (Å²) in [5.74, 6) is 1.54. The molecule has 1 amide bonds. The standard InChI is InChI=1S/C25H29NO3/c1-3-17-28-24-13-7-6-10-21(24)12-8-16-26-25(27)19(2)29-23-15-14-20-9-4-5-11-22(20)18-23/h4-7,9-11,13-15,18-19H,3,8,12,16-17H2,1-2H3,(H,26,27). The van der Waals surface area contributed by atoms with E-state index in [0.717, 1.165) is 42.4 Å². The SMILES string of the molecule is CCCOc1ccccc1CCCNC(=O)C(C)Oc1ccc2ccccc2c1. The lowest BCUT2D eigenvalue weighted by Crippen LogP contribution is -2.36. The fraction of sp³-hybridized carbons (Fsp3) is 0.320. The van der Waals surface area contributed by atoms with E-state index in [1.165, 1.54) is 5.56 Å². The smallest absolute Gasteiger partial charge is 0.260 e. The molecule has 3 rings (SSSR count). The first-order valence-electron chi connectivity index (χ1n) is 10.3. The van der Waals surface area contributed by atoms with Crippen molar-refractivity contribution in [2.45, 2.75) is 39.2 Å². The zero-order chi connectivity index (χ0) is 20.5. The number of nitrogens with one attached hydrogen (secondary N) is 1. The molecule has 1 atom stereocenters. The molecule has 1 N–H and O–H groups in total. The number of amides is 1. The molecule has 0 aliphatic heterocycles. The summed E-state index contributed by atoms with van der Waals surface area (Å²) in [5, 5.41) is 5.22. The van der Waals surface area contributed by atoms with Gasteiger partial charge in [0.2, 0.25) is 0 Å². The van der Waals surface area contributed by atoms with Crippen molar-refractivity contribution in [1.82, 2.24) is 5.32 Å². The molecule has 4 nitrogen and oxygen atoms in total. The molecule has 0 bridgehead atoms. The highest BCUT2D eigenvalue weighted by atomic mass is 16.5. The monoisotopic (exact) mass is 391 g/mol. The van der Waals surface area contributed by atoms with E-state index in [4.69, 9.17) is 9.47 Å². The van der Waals surface area contributed by atoms with E-state index in [1.807, 2.05) is 54.6 Å². The number of rotatable bonds is 10. The summed E-state index contributed by atoms with van der Waals surface area (Å²) in [5.41, 5.74) is 1.18. The summed E-state index contributed by atoms with van der Waals surface area (Å²) in [6, 6.07) is 22.1. The van der Waals surface area contributed by atoms with E-state index in [0.29, 0.717) is 12.3 Å². The average Bonchev–Trinajstić information content (AvgIpc) is 2.75. The number of benzene rings is 3. The number of hydrogen-bond acceptors (Lipinski definition) is 3. The van der Waals surface area contributed by atoms with Crippen LogP contribution in [0.5, 0.6) is 11.5 Å². The summed E-state index contributed by atoms with van der Waals surface area (Å²) in [6.45, 7) is 5.20. The third-order valence-corrected chi connectivity index (χ3v) is 4.76. The predicted octanol–water partition coefficient (Wildman–Crippen LogP) is 5.14. The third kappa shape index (κ3) is 5.98. The topological polar surface area (TPSA) is 47.6 Å². The highest BCUT2D eigenvalue weighted by molar-refractivity contribution is 5.84. The first-order valence-corrected chi connectivity index (χ1v) is 10.3. The Morgan fingerprint density at radius 3 is 2.59 bits per heavy atom. The Balaban J connectivity index is 1.45. The van der Waals surface area contributed by atoms with Crippen molar-refractivity contribution in [3.8, 4) is 11.5 Å². The molecule has 0 fully saturated rings. The van der Waals surface area contributed by atoms with E-state index in [9.17, 15) is 4.79 Å². The number of carbonyl (C=O) groups excluding carboxylic acids is 1. The van der Waals surface area contributed by atoms with Crippen LogP contribution in [0.4, 0.5) is 0 Å². The molecule has 3 aromatic carbocycles. The van der Waals surface area contributed by atoms with Crippen LogP contribution in [0.1, 0.15) is 32.3 Å². The van der Waals surface area contributed by atoms with Gasteiger partial charge in [0.25, 0.3) is 5.91 Å². The summed E-state index contributed by atoms with van der Waals surface area (Å²) in [7, 11) is 0. The van der Waals surface area contributed by atoms with Gasteiger partial charge in [0, 0.05) is 6.54 Å². The molecule has 29 heavy (non-hydrogen) atoms. The predicted molar refractivity (Wildman–Crippen MR) is 118 cm³/mol. The van der Waals surface area contributed by atoms with Gasteiger partial charge in [-0.15, -0.1) is 0 Å². The number of hydrogen-bond donors (Lipinski definition) is 1. The Kier molecular flexibility index (Phi) is 7.51. The molecular formula is C25H29NO3. The van der Waals surface area contributed by atoms with Gasteiger partial charge in [0.05, 0.1) is 6.61 Å². The minimum atomic E-state index is -0.545. The summed E-state index contributed by atoms with van der Waals surface area (Å²) >= 11 is 0. The van der Waals surface area contributed by atoms with Gasteiger partial charge in [-0.3, -0.25) is 4.79 Å². The second kappa shape index (κ2) is 10.5.